The second-order valence-corrected chi connectivity index (χ2v) is 6.33. The molecule has 0 aromatic carbocycles. The quantitative estimate of drug-likeness (QED) is 0.803. The number of pyridine rings is 1. The molecule has 0 bridgehead atoms. The second kappa shape index (κ2) is 7.77. The molecule has 2 N–H and O–H groups in total. The van der Waals surface area contributed by atoms with E-state index in [0.29, 0.717) is 24.6 Å². The molecule has 0 saturated carbocycles. The van der Waals surface area contributed by atoms with Crippen molar-refractivity contribution in [3.05, 3.63) is 33.7 Å². The SMILES string of the molecule is CC(C)Cc1cc(C(=O)N(CC(=O)O)CC(C)C)cc(=O)[nH]1. The summed E-state index contributed by atoms with van der Waals surface area (Å²) in [6, 6.07) is 2.86. The molecular formula is C16H24N2O4. The molecule has 6 heteroatoms. The molecule has 1 heterocycles. The van der Waals surface area contributed by atoms with E-state index < -0.39 is 11.9 Å². The van der Waals surface area contributed by atoms with Crippen molar-refractivity contribution in [2.75, 3.05) is 13.1 Å². The Morgan fingerprint density at radius 1 is 1.18 bits per heavy atom. The summed E-state index contributed by atoms with van der Waals surface area (Å²) < 4.78 is 0. The Morgan fingerprint density at radius 3 is 2.32 bits per heavy atom. The fraction of sp³-hybridized carbons (Fsp3) is 0.562. The molecule has 0 spiro atoms. The van der Waals surface area contributed by atoms with Crippen molar-refractivity contribution in [1.29, 1.82) is 0 Å². The van der Waals surface area contributed by atoms with Gasteiger partial charge in [-0.05, 0) is 24.3 Å². The Balaban J connectivity index is 3.09. The third kappa shape index (κ3) is 5.71. The minimum atomic E-state index is -1.07. The van der Waals surface area contributed by atoms with Crippen LogP contribution in [0.5, 0.6) is 0 Å². The number of nitrogens with one attached hydrogen (secondary N) is 1. The predicted molar refractivity (Wildman–Crippen MR) is 84.0 cm³/mol. The van der Waals surface area contributed by atoms with Gasteiger partial charge in [-0.15, -0.1) is 0 Å². The second-order valence-electron chi connectivity index (χ2n) is 6.33. The Morgan fingerprint density at radius 2 is 1.82 bits per heavy atom. The zero-order chi connectivity index (χ0) is 16.9. The summed E-state index contributed by atoms with van der Waals surface area (Å²) in [6.07, 6.45) is 0.652. The van der Waals surface area contributed by atoms with Gasteiger partial charge in [0.05, 0.1) is 0 Å². The minimum Gasteiger partial charge on any atom is -0.480 e. The van der Waals surface area contributed by atoms with Gasteiger partial charge in [-0.1, -0.05) is 27.7 Å². The van der Waals surface area contributed by atoms with Crippen LogP contribution in [-0.2, 0) is 11.2 Å². The number of carbonyl (C=O) groups is 2. The third-order valence-corrected chi connectivity index (χ3v) is 2.97. The van der Waals surface area contributed by atoms with Crippen LogP contribution in [0.25, 0.3) is 0 Å². The number of hydrogen-bond acceptors (Lipinski definition) is 3. The van der Waals surface area contributed by atoms with Crippen LogP contribution in [-0.4, -0.2) is 40.0 Å². The van der Waals surface area contributed by atoms with E-state index in [1.807, 2.05) is 27.7 Å². The first-order valence-electron chi connectivity index (χ1n) is 7.43. The number of carbonyl (C=O) groups excluding carboxylic acids is 1. The molecule has 0 unspecified atom stereocenters. The molecule has 0 aliphatic carbocycles. The maximum Gasteiger partial charge on any atom is 0.323 e. The highest BCUT2D eigenvalue weighted by Gasteiger charge is 2.20. The summed E-state index contributed by atoms with van der Waals surface area (Å²) in [7, 11) is 0. The van der Waals surface area contributed by atoms with Gasteiger partial charge in [-0.25, -0.2) is 0 Å². The highest BCUT2D eigenvalue weighted by Crippen LogP contribution is 2.10. The van der Waals surface area contributed by atoms with Crippen LogP contribution in [0.1, 0.15) is 43.7 Å². The number of aromatic nitrogens is 1. The lowest BCUT2D eigenvalue weighted by Gasteiger charge is -2.23. The average molecular weight is 308 g/mol. The summed E-state index contributed by atoms with van der Waals surface area (Å²) in [4.78, 5) is 39.2. The van der Waals surface area contributed by atoms with Crippen molar-refractivity contribution < 1.29 is 14.7 Å². The van der Waals surface area contributed by atoms with Gasteiger partial charge < -0.3 is 15.0 Å². The van der Waals surface area contributed by atoms with E-state index in [-0.39, 0.29) is 23.6 Å². The Labute approximate surface area is 130 Å². The number of H-pyrrole nitrogens is 1. The summed E-state index contributed by atoms with van der Waals surface area (Å²) >= 11 is 0. The zero-order valence-electron chi connectivity index (χ0n) is 13.5. The lowest BCUT2D eigenvalue weighted by Crippen LogP contribution is -2.38. The van der Waals surface area contributed by atoms with Gasteiger partial charge >= 0.3 is 5.97 Å². The topological polar surface area (TPSA) is 90.5 Å². The Kier molecular flexibility index (Phi) is 6.34. The van der Waals surface area contributed by atoms with E-state index in [2.05, 4.69) is 4.98 Å². The van der Waals surface area contributed by atoms with Crippen LogP contribution in [0.3, 0.4) is 0 Å². The van der Waals surface area contributed by atoms with Crippen molar-refractivity contribution in [3.63, 3.8) is 0 Å². The monoisotopic (exact) mass is 308 g/mol. The summed E-state index contributed by atoms with van der Waals surface area (Å²) in [5.74, 6) is -1.01. The molecule has 0 fully saturated rings. The van der Waals surface area contributed by atoms with Crippen molar-refractivity contribution in [1.82, 2.24) is 9.88 Å². The third-order valence-electron chi connectivity index (χ3n) is 2.97. The van der Waals surface area contributed by atoms with Gasteiger partial charge in [-0.2, -0.15) is 0 Å². The molecule has 0 atom stereocenters. The van der Waals surface area contributed by atoms with Crippen molar-refractivity contribution in [2.45, 2.75) is 34.1 Å². The number of carboxylic acids is 1. The number of amides is 1. The lowest BCUT2D eigenvalue weighted by molar-refractivity contribution is -0.137. The minimum absolute atomic E-state index is 0.139. The van der Waals surface area contributed by atoms with E-state index in [4.69, 9.17) is 5.11 Å². The first-order valence-corrected chi connectivity index (χ1v) is 7.43. The number of rotatable bonds is 7. The van der Waals surface area contributed by atoms with Gasteiger partial charge in [0.25, 0.3) is 5.91 Å². The molecule has 122 valence electrons. The number of carboxylic acid groups (broad SMARTS) is 1. The normalized spacial score (nSPS) is 11.0. The van der Waals surface area contributed by atoms with Crippen molar-refractivity contribution >= 4 is 11.9 Å². The van der Waals surface area contributed by atoms with E-state index in [9.17, 15) is 14.4 Å². The van der Waals surface area contributed by atoms with Crippen LogP contribution in [0.4, 0.5) is 0 Å². The highest BCUT2D eigenvalue weighted by molar-refractivity contribution is 5.95. The molecule has 1 rings (SSSR count). The van der Waals surface area contributed by atoms with Crippen LogP contribution in [0.2, 0.25) is 0 Å². The molecule has 1 aromatic rings. The Bertz CT molecular complexity index is 590. The van der Waals surface area contributed by atoms with E-state index in [1.54, 1.807) is 6.07 Å². The maximum absolute atomic E-state index is 12.5. The molecule has 1 aromatic heterocycles. The number of nitrogens with zero attached hydrogens (tertiary/aromatic N) is 1. The summed E-state index contributed by atoms with van der Waals surface area (Å²) in [5, 5.41) is 8.96. The standard InChI is InChI=1S/C16H24N2O4/c1-10(2)5-13-6-12(7-14(19)17-13)16(22)18(8-11(3)4)9-15(20)21/h6-7,10-11H,5,8-9H2,1-4H3,(H,17,19)(H,20,21). The molecule has 0 aliphatic heterocycles. The molecule has 0 aliphatic rings. The maximum atomic E-state index is 12.5. The molecule has 1 amide bonds. The zero-order valence-corrected chi connectivity index (χ0v) is 13.5. The van der Waals surface area contributed by atoms with Gasteiger partial charge in [0, 0.05) is 23.9 Å². The largest absolute Gasteiger partial charge is 0.480 e. The predicted octanol–water partition coefficient (Wildman–Crippen LogP) is 1.76. The fourth-order valence-corrected chi connectivity index (χ4v) is 2.28. The van der Waals surface area contributed by atoms with Crippen molar-refractivity contribution in [2.24, 2.45) is 11.8 Å². The first-order chi connectivity index (χ1) is 10.2. The van der Waals surface area contributed by atoms with E-state index >= 15 is 0 Å². The number of aliphatic carboxylic acids is 1. The number of aromatic amines is 1. The summed E-state index contributed by atoms with van der Waals surface area (Å²) in [6.45, 7) is 7.81. The summed E-state index contributed by atoms with van der Waals surface area (Å²) in [5.41, 5.74) is 0.577. The van der Waals surface area contributed by atoms with Crippen LogP contribution in [0.15, 0.2) is 16.9 Å². The molecule has 6 nitrogen and oxygen atoms in total. The van der Waals surface area contributed by atoms with E-state index in [1.165, 1.54) is 11.0 Å². The highest BCUT2D eigenvalue weighted by atomic mass is 16.4. The van der Waals surface area contributed by atoms with Gasteiger partial charge in [0.1, 0.15) is 6.54 Å². The Hall–Kier alpha value is -2.11. The van der Waals surface area contributed by atoms with Gasteiger partial charge in [0.15, 0.2) is 0 Å². The van der Waals surface area contributed by atoms with Crippen LogP contribution >= 0.6 is 0 Å². The van der Waals surface area contributed by atoms with Gasteiger partial charge in [-0.3, -0.25) is 14.4 Å². The van der Waals surface area contributed by atoms with Crippen molar-refractivity contribution in [3.8, 4) is 0 Å². The smallest absolute Gasteiger partial charge is 0.323 e. The first kappa shape index (κ1) is 17.9. The molecule has 22 heavy (non-hydrogen) atoms. The van der Waals surface area contributed by atoms with Crippen LogP contribution in [0, 0.1) is 11.8 Å². The fourth-order valence-electron chi connectivity index (χ4n) is 2.28. The van der Waals surface area contributed by atoms with Crippen LogP contribution < -0.4 is 5.56 Å². The molecular weight excluding hydrogens is 284 g/mol. The average Bonchev–Trinajstić information content (AvgIpc) is 2.34. The number of hydrogen-bond donors (Lipinski definition) is 2. The molecule has 0 radical (unpaired) electrons. The molecule has 0 saturated heterocycles. The van der Waals surface area contributed by atoms with E-state index in [0.717, 1.165) is 0 Å². The van der Waals surface area contributed by atoms with Gasteiger partial charge in [0.2, 0.25) is 5.56 Å². The lowest BCUT2D eigenvalue weighted by atomic mass is 10.1.